The lowest BCUT2D eigenvalue weighted by Gasteiger charge is -2.53. The van der Waals surface area contributed by atoms with Crippen molar-refractivity contribution in [2.45, 2.75) is 56.3 Å². The van der Waals surface area contributed by atoms with E-state index in [9.17, 15) is 14.7 Å². The molecule has 2 fully saturated rings. The molecule has 0 unspecified atom stereocenters. The minimum atomic E-state index is -0.813. The summed E-state index contributed by atoms with van der Waals surface area (Å²) in [5.41, 5.74) is 4.85. The number of nitrogens with two attached hydrogens (primary N) is 1. The molecule has 28 heavy (non-hydrogen) atoms. The van der Waals surface area contributed by atoms with Crippen LogP contribution in [-0.2, 0) is 20.7 Å². The number of aliphatic hydroxyl groups excluding tert-OH is 1. The number of ether oxygens (including phenoxy) is 1. The first-order chi connectivity index (χ1) is 13.3. The van der Waals surface area contributed by atoms with Crippen LogP contribution in [0.5, 0.6) is 0 Å². The highest BCUT2D eigenvalue weighted by molar-refractivity contribution is 5.77. The Hall–Kier alpha value is -2.03. The van der Waals surface area contributed by atoms with Crippen molar-refractivity contribution < 1.29 is 19.4 Å². The molecule has 3 rings (SSSR count). The molecule has 2 aliphatic heterocycles. The molecule has 1 spiro atoms. The summed E-state index contributed by atoms with van der Waals surface area (Å²) in [6.07, 6.45) is 5.35. The maximum atomic E-state index is 12.5. The Morgan fingerprint density at radius 3 is 2.79 bits per heavy atom. The SMILES string of the molecule is C[C@]1(NC(=O)CCc2cccnc2)CCOC2(CCN(CC(N)=O)CC2)[C@@H]1O. The van der Waals surface area contributed by atoms with Crippen LogP contribution in [-0.4, -0.2) is 70.3 Å². The fourth-order valence-electron chi connectivity index (χ4n) is 4.31. The molecule has 0 aromatic carbocycles. The van der Waals surface area contributed by atoms with Crippen LogP contribution in [0.2, 0.25) is 0 Å². The summed E-state index contributed by atoms with van der Waals surface area (Å²) in [5.74, 6) is -0.444. The van der Waals surface area contributed by atoms with Crippen LogP contribution in [0.15, 0.2) is 24.5 Å². The summed E-state index contributed by atoms with van der Waals surface area (Å²) < 4.78 is 6.03. The molecule has 3 heterocycles. The number of hydrogen-bond acceptors (Lipinski definition) is 6. The molecular formula is C20H30N4O4. The van der Waals surface area contributed by atoms with E-state index >= 15 is 0 Å². The van der Waals surface area contributed by atoms with Crippen LogP contribution in [0.1, 0.15) is 38.2 Å². The number of piperidine rings is 1. The number of carbonyl (C=O) groups excluding carboxylic acids is 2. The van der Waals surface area contributed by atoms with Crippen LogP contribution in [0.4, 0.5) is 0 Å². The molecule has 8 nitrogen and oxygen atoms in total. The summed E-state index contributed by atoms with van der Waals surface area (Å²) >= 11 is 0. The van der Waals surface area contributed by atoms with Crippen molar-refractivity contribution in [1.82, 2.24) is 15.2 Å². The highest BCUT2D eigenvalue weighted by Crippen LogP contribution is 2.39. The second-order valence-electron chi connectivity index (χ2n) is 8.14. The first kappa shape index (κ1) is 20.7. The maximum Gasteiger partial charge on any atom is 0.231 e. The normalized spacial score (nSPS) is 27.4. The molecular weight excluding hydrogens is 360 g/mol. The zero-order valence-corrected chi connectivity index (χ0v) is 16.4. The van der Waals surface area contributed by atoms with Crippen LogP contribution in [0.3, 0.4) is 0 Å². The monoisotopic (exact) mass is 390 g/mol. The van der Waals surface area contributed by atoms with Gasteiger partial charge in [0, 0.05) is 38.5 Å². The van der Waals surface area contributed by atoms with Crippen molar-refractivity contribution in [1.29, 1.82) is 0 Å². The third-order valence-corrected chi connectivity index (χ3v) is 5.98. The van der Waals surface area contributed by atoms with E-state index in [0.717, 1.165) is 5.56 Å². The van der Waals surface area contributed by atoms with Crippen LogP contribution in [0.25, 0.3) is 0 Å². The number of hydrogen-bond donors (Lipinski definition) is 3. The Kier molecular flexibility index (Phi) is 6.32. The average molecular weight is 390 g/mol. The number of primary amides is 1. The van der Waals surface area contributed by atoms with E-state index in [4.69, 9.17) is 10.5 Å². The van der Waals surface area contributed by atoms with Crippen LogP contribution in [0, 0.1) is 0 Å². The van der Waals surface area contributed by atoms with Gasteiger partial charge in [-0.3, -0.25) is 19.5 Å². The van der Waals surface area contributed by atoms with Gasteiger partial charge < -0.3 is 20.9 Å². The van der Waals surface area contributed by atoms with Gasteiger partial charge in [0.1, 0.15) is 6.10 Å². The topological polar surface area (TPSA) is 118 Å². The first-order valence-corrected chi connectivity index (χ1v) is 9.86. The van der Waals surface area contributed by atoms with E-state index in [1.807, 2.05) is 24.0 Å². The van der Waals surface area contributed by atoms with Gasteiger partial charge in [-0.05, 0) is 44.2 Å². The number of nitrogens with one attached hydrogen (secondary N) is 1. The summed E-state index contributed by atoms with van der Waals surface area (Å²) in [4.78, 5) is 29.7. The lowest BCUT2D eigenvalue weighted by atomic mass is 9.73. The Labute approximate surface area is 165 Å². The average Bonchev–Trinajstić information content (AvgIpc) is 2.67. The van der Waals surface area contributed by atoms with Crippen molar-refractivity contribution in [2.75, 3.05) is 26.2 Å². The molecule has 0 saturated carbocycles. The molecule has 2 atom stereocenters. The van der Waals surface area contributed by atoms with Crippen molar-refractivity contribution in [3.05, 3.63) is 30.1 Å². The van der Waals surface area contributed by atoms with Crippen LogP contribution >= 0.6 is 0 Å². The number of nitrogens with zero attached hydrogens (tertiary/aromatic N) is 2. The number of aryl methyl sites for hydroxylation is 1. The highest BCUT2D eigenvalue weighted by Gasteiger charge is 2.53. The largest absolute Gasteiger partial charge is 0.388 e. The number of amides is 2. The molecule has 0 bridgehead atoms. The van der Waals surface area contributed by atoms with Gasteiger partial charge in [0.25, 0.3) is 0 Å². The van der Waals surface area contributed by atoms with E-state index in [2.05, 4.69) is 10.3 Å². The van der Waals surface area contributed by atoms with Crippen molar-refractivity contribution in [3.8, 4) is 0 Å². The minimum absolute atomic E-state index is 0.0892. The van der Waals surface area contributed by atoms with Gasteiger partial charge in [-0.1, -0.05) is 6.07 Å². The summed E-state index contributed by atoms with van der Waals surface area (Å²) in [6, 6.07) is 3.80. The Balaban J connectivity index is 1.58. The highest BCUT2D eigenvalue weighted by atomic mass is 16.5. The number of likely N-dealkylation sites (tertiary alicyclic amines) is 1. The quantitative estimate of drug-likeness (QED) is 0.629. The first-order valence-electron chi connectivity index (χ1n) is 9.86. The summed E-state index contributed by atoms with van der Waals surface area (Å²) in [6.45, 7) is 3.84. The van der Waals surface area contributed by atoms with Crippen LogP contribution < -0.4 is 11.1 Å². The van der Waals surface area contributed by atoms with Gasteiger partial charge in [-0.25, -0.2) is 0 Å². The second kappa shape index (κ2) is 8.55. The third-order valence-electron chi connectivity index (χ3n) is 5.98. The maximum absolute atomic E-state index is 12.5. The van der Waals surface area contributed by atoms with E-state index in [1.165, 1.54) is 0 Å². The summed E-state index contributed by atoms with van der Waals surface area (Å²) in [5, 5.41) is 14.2. The van der Waals surface area contributed by atoms with Gasteiger partial charge >= 0.3 is 0 Å². The van der Waals surface area contributed by atoms with Gasteiger partial charge in [0.05, 0.1) is 17.7 Å². The van der Waals surface area contributed by atoms with Gasteiger partial charge in [-0.15, -0.1) is 0 Å². The number of carbonyl (C=O) groups is 2. The summed E-state index contributed by atoms with van der Waals surface area (Å²) in [7, 11) is 0. The fraction of sp³-hybridized carbons (Fsp3) is 0.650. The molecule has 0 aliphatic carbocycles. The van der Waals surface area contributed by atoms with E-state index in [-0.39, 0.29) is 18.4 Å². The van der Waals surface area contributed by atoms with Crippen molar-refractivity contribution in [2.24, 2.45) is 5.73 Å². The molecule has 1 aromatic rings. The minimum Gasteiger partial charge on any atom is -0.388 e. The Morgan fingerprint density at radius 2 is 2.14 bits per heavy atom. The molecule has 4 N–H and O–H groups in total. The zero-order valence-electron chi connectivity index (χ0n) is 16.4. The molecule has 0 radical (unpaired) electrons. The lowest BCUT2D eigenvalue weighted by Crippen LogP contribution is -2.69. The smallest absolute Gasteiger partial charge is 0.231 e. The standard InChI is InChI=1S/C20H30N4O4/c1-19(23-17(26)5-4-15-3-2-9-22-13-15)8-12-28-20(18(19)27)6-10-24(11-7-20)14-16(21)25/h2-3,9,13,18,27H,4-8,10-12,14H2,1H3,(H2,21,25)(H,23,26)/t18-,19+/m1/s1. The zero-order chi connectivity index (χ0) is 20.2. The number of aliphatic hydroxyl groups is 1. The fourth-order valence-corrected chi connectivity index (χ4v) is 4.31. The molecule has 1 aromatic heterocycles. The third kappa shape index (κ3) is 4.68. The van der Waals surface area contributed by atoms with E-state index < -0.39 is 17.2 Å². The number of pyridine rings is 1. The van der Waals surface area contributed by atoms with E-state index in [0.29, 0.717) is 51.8 Å². The molecule has 154 valence electrons. The van der Waals surface area contributed by atoms with E-state index in [1.54, 1.807) is 12.4 Å². The molecule has 2 amide bonds. The Bertz CT molecular complexity index is 691. The molecule has 8 heteroatoms. The lowest BCUT2D eigenvalue weighted by molar-refractivity contribution is -0.207. The van der Waals surface area contributed by atoms with Gasteiger partial charge in [0.15, 0.2) is 0 Å². The van der Waals surface area contributed by atoms with Crippen molar-refractivity contribution >= 4 is 11.8 Å². The predicted octanol–water partition coefficient (Wildman–Crippen LogP) is -0.00980. The number of rotatable bonds is 6. The molecule has 2 saturated heterocycles. The van der Waals surface area contributed by atoms with Gasteiger partial charge in [-0.2, -0.15) is 0 Å². The van der Waals surface area contributed by atoms with Crippen molar-refractivity contribution in [3.63, 3.8) is 0 Å². The molecule has 2 aliphatic rings. The number of aromatic nitrogens is 1. The van der Waals surface area contributed by atoms with Gasteiger partial charge in [0.2, 0.25) is 11.8 Å². The predicted molar refractivity (Wildman–Crippen MR) is 103 cm³/mol. The second-order valence-corrected chi connectivity index (χ2v) is 8.14. The Morgan fingerprint density at radius 1 is 1.39 bits per heavy atom.